The van der Waals surface area contributed by atoms with Gasteiger partial charge < -0.3 is 10.1 Å². The molecule has 0 bridgehead atoms. The molecule has 0 aliphatic rings. The zero-order valence-electron chi connectivity index (χ0n) is 11.0. The molecule has 0 saturated heterocycles. The van der Waals surface area contributed by atoms with Crippen molar-refractivity contribution in [1.82, 2.24) is 15.2 Å². The van der Waals surface area contributed by atoms with E-state index in [2.05, 4.69) is 27.6 Å². The van der Waals surface area contributed by atoms with Gasteiger partial charge in [0, 0.05) is 38.2 Å². The fourth-order valence-electron chi connectivity index (χ4n) is 1.52. The average Bonchev–Trinajstić information content (AvgIpc) is 2.69. The van der Waals surface area contributed by atoms with Crippen LogP contribution in [0.4, 0.5) is 0 Å². The number of hydrogen-bond donors (Lipinski definition) is 1. The van der Waals surface area contributed by atoms with E-state index in [4.69, 9.17) is 4.74 Å². The molecule has 0 amide bonds. The molecule has 0 saturated carbocycles. The quantitative estimate of drug-likeness (QED) is 0.681. The maximum atomic E-state index is 5.25. The van der Waals surface area contributed by atoms with Crippen LogP contribution in [-0.4, -0.2) is 49.8 Å². The second kappa shape index (κ2) is 8.58. The Morgan fingerprint density at radius 1 is 1.47 bits per heavy atom. The molecule has 1 aromatic rings. The first-order valence-electron chi connectivity index (χ1n) is 6.10. The Morgan fingerprint density at radius 2 is 2.29 bits per heavy atom. The molecule has 17 heavy (non-hydrogen) atoms. The molecular formula is C12H23N3OS. The summed E-state index contributed by atoms with van der Waals surface area (Å²) in [5.74, 6) is 0. The highest BCUT2D eigenvalue weighted by atomic mass is 32.1. The van der Waals surface area contributed by atoms with Crippen LogP contribution in [0.25, 0.3) is 0 Å². The second-order valence-corrected chi connectivity index (χ2v) is 5.10. The Balaban J connectivity index is 2.03. The number of likely N-dealkylation sites (N-methyl/N-ethyl adjacent to an activating group) is 1. The molecule has 0 atom stereocenters. The summed E-state index contributed by atoms with van der Waals surface area (Å²) in [7, 11) is 2.12. The molecule has 5 heteroatoms. The monoisotopic (exact) mass is 257 g/mol. The predicted octanol–water partition coefficient (Wildman–Crippen LogP) is 1.51. The fourth-order valence-corrected chi connectivity index (χ4v) is 2.12. The highest BCUT2D eigenvalue weighted by molar-refractivity contribution is 7.09. The van der Waals surface area contributed by atoms with Crippen molar-refractivity contribution in [1.29, 1.82) is 0 Å². The molecule has 0 aliphatic heterocycles. The van der Waals surface area contributed by atoms with Crippen LogP contribution in [0.15, 0.2) is 5.38 Å². The molecular weight excluding hydrogens is 234 g/mol. The molecule has 0 fully saturated rings. The van der Waals surface area contributed by atoms with Crippen molar-refractivity contribution in [3.05, 3.63) is 16.1 Å². The lowest BCUT2D eigenvalue weighted by atomic mass is 10.4. The second-order valence-electron chi connectivity index (χ2n) is 4.04. The summed E-state index contributed by atoms with van der Waals surface area (Å²) in [6, 6.07) is 0. The van der Waals surface area contributed by atoms with Crippen LogP contribution < -0.4 is 5.32 Å². The van der Waals surface area contributed by atoms with Crippen LogP contribution in [0.3, 0.4) is 0 Å². The van der Waals surface area contributed by atoms with Gasteiger partial charge in [0.05, 0.1) is 17.3 Å². The summed E-state index contributed by atoms with van der Waals surface area (Å²) in [6.07, 6.45) is 0. The molecule has 1 heterocycles. The highest BCUT2D eigenvalue weighted by Crippen LogP contribution is 2.09. The molecule has 1 rings (SSSR count). The van der Waals surface area contributed by atoms with Gasteiger partial charge >= 0.3 is 0 Å². The highest BCUT2D eigenvalue weighted by Gasteiger charge is 2.02. The van der Waals surface area contributed by atoms with Crippen molar-refractivity contribution in [2.75, 3.05) is 39.9 Å². The van der Waals surface area contributed by atoms with E-state index >= 15 is 0 Å². The Hall–Kier alpha value is -0.490. The first kappa shape index (κ1) is 14.6. The normalized spacial score (nSPS) is 11.3. The van der Waals surface area contributed by atoms with Gasteiger partial charge in [0.1, 0.15) is 0 Å². The lowest BCUT2D eigenvalue weighted by Gasteiger charge is -2.15. The van der Waals surface area contributed by atoms with E-state index in [-0.39, 0.29) is 0 Å². The van der Waals surface area contributed by atoms with Crippen LogP contribution in [0.2, 0.25) is 0 Å². The van der Waals surface area contributed by atoms with Gasteiger partial charge in [-0.2, -0.15) is 0 Å². The molecule has 0 aromatic carbocycles. The van der Waals surface area contributed by atoms with Gasteiger partial charge in [0.2, 0.25) is 0 Å². The standard InChI is InChI=1S/C12H23N3OS/c1-4-16-8-6-13-5-7-15(3)9-12-10-17-11(2)14-12/h10,13H,4-9H2,1-3H3. The largest absolute Gasteiger partial charge is 0.380 e. The predicted molar refractivity (Wildman–Crippen MR) is 72.5 cm³/mol. The summed E-state index contributed by atoms with van der Waals surface area (Å²) in [5.41, 5.74) is 1.17. The van der Waals surface area contributed by atoms with Gasteiger partial charge in [-0.15, -0.1) is 11.3 Å². The van der Waals surface area contributed by atoms with Crippen molar-refractivity contribution in [3.63, 3.8) is 0 Å². The Bertz CT molecular complexity index is 304. The van der Waals surface area contributed by atoms with Gasteiger partial charge in [0.15, 0.2) is 0 Å². The third-order valence-corrected chi connectivity index (χ3v) is 3.22. The minimum absolute atomic E-state index is 0.796. The van der Waals surface area contributed by atoms with Crippen LogP contribution in [0, 0.1) is 6.92 Å². The van der Waals surface area contributed by atoms with E-state index < -0.39 is 0 Å². The van der Waals surface area contributed by atoms with E-state index in [9.17, 15) is 0 Å². The number of nitrogens with one attached hydrogen (secondary N) is 1. The van der Waals surface area contributed by atoms with E-state index in [1.165, 1.54) is 5.69 Å². The third kappa shape index (κ3) is 6.73. The minimum atomic E-state index is 0.796. The van der Waals surface area contributed by atoms with Crippen LogP contribution in [0.1, 0.15) is 17.6 Å². The fraction of sp³-hybridized carbons (Fsp3) is 0.750. The van der Waals surface area contributed by atoms with Crippen molar-refractivity contribution in [2.45, 2.75) is 20.4 Å². The summed E-state index contributed by atoms with van der Waals surface area (Å²) < 4.78 is 5.25. The van der Waals surface area contributed by atoms with Crippen LogP contribution >= 0.6 is 11.3 Å². The van der Waals surface area contributed by atoms with Gasteiger partial charge in [-0.1, -0.05) is 0 Å². The SMILES string of the molecule is CCOCCNCCN(C)Cc1csc(C)n1. The van der Waals surface area contributed by atoms with Crippen molar-refractivity contribution < 1.29 is 4.74 Å². The maximum absolute atomic E-state index is 5.25. The van der Waals surface area contributed by atoms with Gasteiger partial charge in [-0.05, 0) is 20.9 Å². The summed E-state index contributed by atoms with van der Waals surface area (Å²) in [5, 5.41) is 6.63. The molecule has 0 aliphatic carbocycles. The smallest absolute Gasteiger partial charge is 0.0897 e. The Labute approximate surface area is 108 Å². The minimum Gasteiger partial charge on any atom is -0.380 e. The molecule has 4 nitrogen and oxygen atoms in total. The number of nitrogens with zero attached hydrogens (tertiary/aromatic N) is 2. The number of aromatic nitrogens is 1. The van der Waals surface area contributed by atoms with Gasteiger partial charge in [-0.25, -0.2) is 4.98 Å². The van der Waals surface area contributed by atoms with Crippen LogP contribution in [0.5, 0.6) is 0 Å². The Morgan fingerprint density at radius 3 is 2.94 bits per heavy atom. The number of rotatable bonds is 9. The molecule has 0 unspecified atom stereocenters. The van der Waals surface area contributed by atoms with Crippen molar-refractivity contribution >= 4 is 11.3 Å². The summed E-state index contributed by atoms with van der Waals surface area (Å²) in [4.78, 5) is 6.74. The Kier molecular flexibility index (Phi) is 7.35. The van der Waals surface area contributed by atoms with Crippen LogP contribution in [-0.2, 0) is 11.3 Å². The number of hydrogen-bond acceptors (Lipinski definition) is 5. The number of thiazole rings is 1. The topological polar surface area (TPSA) is 37.4 Å². The molecule has 1 aromatic heterocycles. The first-order chi connectivity index (χ1) is 8.22. The molecule has 98 valence electrons. The zero-order chi connectivity index (χ0) is 12.5. The molecule has 0 spiro atoms. The average molecular weight is 257 g/mol. The van der Waals surface area contributed by atoms with E-state index in [1.54, 1.807) is 11.3 Å². The first-order valence-corrected chi connectivity index (χ1v) is 6.98. The number of aryl methyl sites for hydroxylation is 1. The lowest BCUT2D eigenvalue weighted by molar-refractivity contribution is 0.148. The maximum Gasteiger partial charge on any atom is 0.0897 e. The van der Waals surface area contributed by atoms with E-state index in [0.717, 1.165) is 44.4 Å². The van der Waals surface area contributed by atoms with Gasteiger partial charge in [0.25, 0.3) is 0 Å². The van der Waals surface area contributed by atoms with Gasteiger partial charge in [-0.3, -0.25) is 4.90 Å². The molecule has 1 N–H and O–H groups in total. The molecule has 0 radical (unpaired) electrons. The van der Waals surface area contributed by atoms with E-state index in [1.807, 2.05) is 13.8 Å². The third-order valence-electron chi connectivity index (χ3n) is 2.40. The van der Waals surface area contributed by atoms with Crippen molar-refractivity contribution in [2.24, 2.45) is 0 Å². The summed E-state index contributed by atoms with van der Waals surface area (Å²) in [6.45, 7) is 9.54. The van der Waals surface area contributed by atoms with Crippen molar-refractivity contribution in [3.8, 4) is 0 Å². The zero-order valence-corrected chi connectivity index (χ0v) is 11.8. The van der Waals surface area contributed by atoms with E-state index in [0.29, 0.717) is 0 Å². The number of ether oxygens (including phenoxy) is 1. The lowest BCUT2D eigenvalue weighted by Crippen LogP contribution is -2.30. The summed E-state index contributed by atoms with van der Waals surface area (Å²) >= 11 is 1.71.